The molecule has 0 aliphatic heterocycles. The van der Waals surface area contributed by atoms with Gasteiger partial charge in [0.1, 0.15) is 0 Å². The summed E-state index contributed by atoms with van der Waals surface area (Å²) in [6.45, 7) is 6.00. The van der Waals surface area contributed by atoms with E-state index in [-0.39, 0.29) is 5.91 Å². The van der Waals surface area contributed by atoms with Gasteiger partial charge >= 0.3 is 0 Å². The average molecular weight is 327 g/mol. The number of para-hydroxylation sites is 3. The van der Waals surface area contributed by atoms with Crippen LogP contribution in [0.1, 0.15) is 31.4 Å². The molecule has 1 atom stereocenters. The molecule has 0 aliphatic carbocycles. The van der Waals surface area contributed by atoms with Crippen molar-refractivity contribution in [2.45, 2.75) is 39.7 Å². The molecule has 0 aliphatic rings. The predicted octanol–water partition coefficient (Wildman–Crippen LogP) is 4.36. The number of carbonyl (C=O) groups excluding carboxylic acids is 1. The average Bonchev–Trinajstić information content (AvgIpc) is 2.61. The Labute approximate surface area is 143 Å². The Morgan fingerprint density at radius 2 is 1.79 bits per heavy atom. The van der Waals surface area contributed by atoms with Crippen molar-refractivity contribution in [3.05, 3.63) is 53.6 Å². The van der Waals surface area contributed by atoms with Crippen LogP contribution in [0.2, 0.25) is 0 Å². The zero-order chi connectivity index (χ0) is 17.5. The summed E-state index contributed by atoms with van der Waals surface area (Å²) in [4.78, 5) is 12.7. The number of carbonyl (C=O) groups is 1. The minimum Gasteiger partial charge on any atom is -0.493 e. The molecule has 0 heterocycles. The molecule has 0 saturated heterocycles. The Morgan fingerprint density at radius 1 is 1.08 bits per heavy atom. The molecule has 4 nitrogen and oxygen atoms in total. The van der Waals surface area contributed by atoms with Gasteiger partial charge in [0, 0.05) is 5.69 Å². The number of nitrogens with one attached hydrogen (secondary N) is 1. The first-order valence-corrected chi connectivity index (χ1v) is 8.29. The summed E-state index contributed by atoms with van der Waals surface area (Å²) in [5, 5.41) is 3.03. The van der Waals surface area contributed by atoms with Crippen molar-refractivity contribution in [2.24, 2.45) is 0 Å². The molecule has 2 aromatic rings. The summed E-state index contributed by atoms with van der Waals surface area (Å²) in [7, 11) is 1.59. The Kier molecular flexibility index (Phi) is 6.24. The van der Waals surface area contributed by atoms with Gasteiger partial charge in [-0.3, -0.25) is 4.79 Å². The minimum absolute atomic E-state index is 0.146. The highest BCUT2D eigenvalue weighted by Crippen LogP contribution is 2.28. The lowest BCUT2D eigenvalue weighted by Gasteiger charge is -2.20. The van der Waals surface area contributed by atoms with E-state index in [1.807, 2.05) is 50.2 Å². The van der Waals surface area contributed by atoms with Crippen molar-refractivity contribution in [3.8, 4) is 11.5 Å². The minimum atomic E-state index is -0.578. The van der Waals surface area contributed by atoms with Crippen LogP contribution in [0.3, 0.4) is 0 Å². The standard InChI is InChI=1S/C20H25NO3/c1-5-15-11-9-10-14(3)19(15)21-20(22)16(6-2)24-18-13-8-7-12-17(18)23-4/h7-13,16H,5-6H2,1-4H3,(H,21,22)/t16-/m1/s1. The number of ether oxygens (including phenoxy) is 2. The maximum atomic E-state index is 12.7. The predicted molar refractivity (Wildman–Crippen MR) is 96.9 cm³/mol. The monoisotopic (exact) mass is 327 g/mol. The second-order valence-corrected chi connectivity index (χ2v) is 5.62. The van der Waals surface area contributed by atoms with Crippen molar-refractivity contribution in [1.29, 1.82) is 0 Å². The van der Waals surface area contributed by atoms with Crippen LogP contribution in [0.5, 0.6) is 11.5 Å². The van der Waals surface area contributed by atoms with Crippen LogP contribution in [0.25, 0.3) is 0 Å². The highest BCUT2D eigenvalue weighted by molar-refractivity contribution is 5.95. The van der Waals surface area contributed by atoms with Crippen LogP contribution in [0, 0.1) is 6.92 Å². The molecule has 4 heteroatoms. The van der Waals surface area contributed by atoms with Crippen molar-refractivity contribution < 1.29 is 14.3 Å². The van der Waals surface area contributed by atoms with Crippen molar-refractivity contribution in [2.75, 3.05) is 12.4 Å². The van der Waals surface area contributed by atoms with Crippen LogP contribution in [-0.4, -0.2) is 19.1 Å². The number of methoxy groups -OCH3 is 1. The van der Waals surface area contributed by atoms with Gasteiger partial charge in [0.2, 0.25) is 0 Å². The van der Waals surface area contributed by atoms with Crippen LogP contribution in [0.4, 0.5) is 5.69 Å². The lowest BCUT2D eigenvalue weighted by atomic mass is 10.1. The highest BCUT2D eigenvalue weighted by Gasteiger charge is 2.21. The van der Waals surface area contributed by atoms with Gasteiger partial charge in [-0.05, 0) is 43.0 Å². The largest absolute Gasteiger partial charge is 0.493 e. The molecule has 2 rings (SSSR count). The SMILES string of the molecule is CCc1cccc(C)c1NC(=O)[C@@H](CC)Oc1ccccc1OC. The molecule has 0 fully saturated rings. The molecule has 0 bridgehead atoms. The summed E-state index contributed by atoms with van der Waals surface area (Å²) in [5.74, 6) is 1.05. The highest BCUT2D eigenvalue weighted by atomic mass is 16.5. The third-order valence-electron chi connectivity index (χ3n) is 3.99. The lowest BCUT2D eigenvalue weighted by Crippen LogP contribution is -2.33. The summed E-state index contributed by atoms with van der Waals surface area (Å²) < 4.78 is 11.2. The third kappa shape index (κ3) is 4.07. The summed E-state index contributed by atoms with van der Waals surface area (Å²) in [5.41, 5.74) is 3.05. The van der Waals surface area contributed by atoms with Crippen molar-refractivity contribution in [1.82, 2.24) is 0 Å². The smallest absolute Gasteiger partial charge is 0.265 e. The van der Waals surface area contributed by atoms with E-state index in [1.54, 1.807) is 13.2 Å². The molecule has 2 aromatic carbocycles. The molecule has 0 radical (unpaired) electrons. The third-order valence-corrected chi connectivity index (χ3v) is 3.99. The number of anilines is 1. The molecule has 24 heavy (non-hydrogen) atoms. The Morgan fingerprint density at radius 3 is 2.42 bits per heavy atom. The topological polar surface area (TPSA) is 47.6 Å². The maximum absolute atomic E-state index is 12.7. The Bertz CT molecular complexity index is 697. The molecule has 0 spiro atoms. The van der Waals surface area contributed by atoms with Crippen molar-refractivity contribution in [3.63, 3.8) is 0 Å². The van der Waals surface area contributed by atoms with Gasteiger partial charge in [-0.1, -0.05) is 44.2 Å². The van der Waals surface area contributed by atoms with Gasteiger partial charge in [-0.25, -0.2) is 0 Å². The van der Waals surface area contributed by atoms with E-state index < -0.39 is 6.10 Å². The number of hydrogen-bond acceptors (Lipinski definition) is 3. The Balaban J connectivity index is 2.18. The van der Waals surface area contributed by atoms with E-state index in [1.165, 1.54) is 0 Å². The normalized spacial score (nSPS) is 11.7. The molecule has 0 saturated carbocycles. The van der Waals surface area contributed by atoms with Gasteiger partial charge in [-0.15, -0.1) is 0 Å². The number of amides is 1. The summed E-state index contributed by atoms with van der Waals surface area (Å²) in [6.07, 6.45) is 0.851. The molecule has 1 amide bonds. The van der Waals surface area contributed by atoms with Crippen LogP contribution < -0.4 is 14.8 Å². The maximum Gasteiger partial charge on any atom is 0.265 e. The van der Waals surface area contributed by atoms with E-state index in [0.717, 1.165) is 23.2 Å². The number of aryl methyl sites for hydroxylation is 2. The zero-order valence-corrected chi connectivity index (χ0v) is 14.8. The van der Waals surface area contributed by atoms with E-state index >= 15 is 0 Å². The van der Waals surface area contributed by atoms with Gasteiger partial charge in [-0.2, -0.15) is 0 Å². The van der Waals surface area contributed by atoms with Gasteiger partial charge in [0.05, 0.1) is 7.11 Å². The summed E-state index contributed by atoms with van der Waals surface area (Å²) in [6, 6.07) is 13.4. The Hall–Kier alpha value is -2.49. The molecular formula is C20H25NO3. The number of rotatable bonds is 7. The lowest BCUT2D eigenvalue weighted by molar-refractivity contribution is -0.122. The molecular weight excluding hydrogens is 302 g/mol. The second-order valence-electron chi connectivity index (χ2n) is 5.62. The van der Waals surface area contributed by atoms with Crippen LogP contribution >= 0.6 is 0 Å². The van der Waals surface area contributed by atoms with Crippen LogP contribution in [-0.2, 0) is 11.2 Å². The fourth-order valence-corrected chi connectivity index (χ4v) is 2.60. The van der Waals surface area contributed by atoms with E-state index in [0.29, 0.717) is 17.9 Å². The molecule has 0 aromatic heterocycles. The quantitative estimate of drug-likeness (QED) is 0.822. The first-order chi connectivity index (χ1) is 11.6. The van der Waals surface area contributed by atoms with Crippen molar-refractivity contribution >= 4 is 11.6 Å². The van der Waals surface area contributed by atoms with E-state index in [4.69, 9.17) is 9.47 Å². The number of hydrogen-bond donors (Lipinski definition) is 1. The molecule has 0 unspecified atom stereocenters. The number of benzene rings is 2. The second kappa shape index (κ2) is 8.39. The van der Waals surface area contributed by atoms with E-state index in [9.17, 15) is 4.79 Å². The fourth-order valence-electron chi connectivity index (χ4n) is 2.60. The van der Waals surface area contributed by atoms with Gasteiger partial charge < -0.3 is 14.8 Å². The molecule has 1 N–H and O–H groups in total. The van der Waals surface area contributed by atoms with E-state index in [2.05, 4.69) is 12.2 Å². The fraction of sp³-hybridized carbons (Fsp3) is 0.350. The van der Waals surface area contributed by atoms with Gasteiger partial charge in [0.15, 0.2) is 17.6 Å². The van der Waals surface area contributed by atoms with Gasteiger partial charge in [0.25, 0.3) is 5.91 Å². The molecule has 128 valence electrons. The first kappa shape index (κ1) is 17.9. The van der Waals surface area contributed by atoms with Crippen LogP contribution in [0.15, 0.2) is 42.5 Å². The summed E-state index contributed by atoms with van der Waals surface area (Å²) >= 11 is 0. The first-order valence-electron chi connectivity index (χ1n) is 8.29. The zero-order valence-electron chi connectivity index (χ0n) is 14.8.